The van der Waals surface area contributed by atoms with Gasteiger partial charge in [0.1, 0.15) is 5.52 Å². The topological polar surface area (TPSA) is 55.1 Å². The molecule has 0 aliphatic carbocycles. The van der Waals surface area contributed by atoms with Crippen molar-refractivity contribution in [3.63, 3.8) is 0 Å². The SMILES string of the molecule is CCc1cc(Br)c2oc(-c3ccc(NC(=O)c4cccc(Cl)c4Cl)cc3)nc2c1. The lowest BCUT2D eigenvalue weighted by Gasteiger charge is -2.08. The van der Waals surface area contributed by atoms with Crippen molar-refractivity contribution < 1.29 is 9.21 Å². The molecular formula is C22H15BrCl2N2O2. The Kier molecular flexibility index (Phi) is 5.63. The van der Waals surface area contributed by atoms with Crippen LogP contribution >= 0.6 is 39.1 Å². The molecule has 0 saturated carbocycles. The van der Waals surface area contributed by atoms with E-state index in [-0.39, 0.29) is 10.9 Å². The minimum absolute atomic E-state index is 0.229. The summed E-state index contributed by atoms with van der Waals surface area (Å²) < 4.78 is 6.81. The maximum absolute atomic E-state index is 12.5. The van der Waals surface area contributed by atoms with E-state index in [1.54, 1.807) is 30.3 Å². The van der Waals surface area contributed by atoms with Crippen molar-refractivity contribution in [1.29, 1.82) is 0 Å². The van der Waals surface area contributed by atoms with Gasteiger partial charge >= 0.3 is 0 Å². The van der Waals surface area contributed by atoms with Gasteiger partial charge in [-0.15, -0.1) is 0 Å². The lowest BCUT2D eigenvalue weighted by molar-refractivity contribution is 0.102. The Bertz CT molecular complexity index is 1220. The van der Waals surface area contributed by atoms with E-state index in [9.17, 15) is 4.79 Å². The minimum Gasteiger partial charge on any atom is -0.435 e. The van der Waals surface area contributed by atoms with Crippen molar-refractivity contribution in [1.82, 2.24) is 4.98 Å². The number of hydrogen-bond acceptors (Lipinski definition) is 3. The maximum Gasteiger partial charge on any atom is 0.257 e. The molecule has 4 nitrogen and oxygen atoms in total. The highest BCUT2D eigenvalue weighted by Crippen LogP contribution is 2.31. The fraction of sp³-hybridized carbons (Fsp3) is 0.0909. The van der Waals surface area contributed by atoms with Gasteiger partial charge in [0.05, 0.1) is 20.1 Å². The van der Waals surface area contributed by atoms with Crippen LogP contribution in [0.2, 0.25) is 10.0 Å². The summed E-state index contributed by atoms with van der Waals surface area (Å²) in [5, 5.41) is 3.38. The molecule has 1 heterocycles. The molecule has 3 aromatic carbocycles. The number of anilines is 1. The molecule has 0 aliphatic heterocycles. The summed E-state index contributed by atoms with van der Waals surface area (Å²) in [4.78, 5) is 17.1. The van der Waals surface area contributed by atoms with Crippen LogP contribution in [-0.4, -0.2) is 10.9 Å². The van der Waals surface area contributed by atoms with E-state index in [2.05, 4.69) is 33.2 Å². The van der Waals surface area contributed by atoms with Gasteiger partial charge < -0.3 is 9.73 Å². The van der Waals surface area contributed by atoms with Gasteiger partial charge in [0.2, 0.25) is 5.89 Å². The van der Waals surface area contributed by atoms with Crippen LogP contribution in [0.3, 0.4) is 0 Å². The van der Waals surface area contributed by atoms with Gasteiger partial charge in [-0.1, -0.05) is 36.2 Å². The molecule has 7 heteroatoms. The molecule has 0 unspecified atom stereocenters. The van der Waals surface area contributed by atoms with Crippen molar-refractivity contribution in [2.24, 2.45) is 0 Å². The van der Waals surface area contributed by atoms with Gasteiger partial charge in [-0.25, -0.2) is 4.98 Å². The standard InChI is InChI=1S/C22H15BrCl2N2O2/c1-2-12-10-16(23)20-18(11-12)27-22(29-20)13-6-8-14(9-7-13)26-21(28)15-4-3-5-17(24)19(15)25/h3-11H,2H2,1H3,(H,26,28). The number of aromatic nitrogens is 1. The smallest absolute Gasteiger partial charge is 0.257 e. The van der Waals surface area contributed by atoms with Crippen LogP contribution in [0.4, 0.5) is 5.69 Å². The molecule has 1 amide bonds. The molecule has 1 aromatic heterocycles. The summed E-state index contributed by atoms with van der Waals surface area (Å²) in [6.45, 7) is 2.10. The number of carbonyl (C=O) groups excluding carboxylic acids is 1. The number of oxazole rings is 1. The van der Waals surface area contributed by atoms with Crippen LogP contribution in [-0.2, 0) is 6.42 Å². The zero-order valence-corrected chi connectivity index (χ0v) is 18.4. The largest absolute Gasteiger partial charge is 0.435 e. The summed E-state index contributed by atoms with van der Waals surface area (Å²) in [5.74, 6) is 0.188. The number of rotatable bonds is 4. The minimum atomic E-state index is -0.330. The average molecular weight is 490 g/mol. The monoisotopic (exact) mass is 488 g/mol. The Morgan fingerprint density at radius 1 is 1.14 bits per heavy atom. The first-order valence-corrected chi connectivity index (χ1v) is 10.5. The number of fused-ring (bicyclic) bond motifs is 1. The Balaban J connectivity index is 1.58. The van der Waals surface area contributed by atoms with Gasteiger partial charge in [0, 0.05) is 11.3 Å². The molecular weight excluding hydrogens is 475 g/mol. The van der Waals surface area contributed by atoms with E-state index in [4.69, 9.17) is 27.6 Å². The Hall–Kier alpha value is -2.34. The van der Waals surface area contributed by atoms with Gasteiger partial charge in [0.15, 0.2) is 5.58 Å². The summed E-state index contributed by atoms with van der Waals surface area (Å²) in [5.41, 5.74) is 4.45. The zero-order chi connectivity index (χ0) is 20.5. The highest BCUT2D eigenvalue weighted by molar-refractivity contribution is 9.10. The second-order valence-corrected chi connectivity index (χ2v) is 8.07. The normalized spacial score (nSPS) is 11.0. The van der Waals surface area contributed by atoms with Crippen molar-refractivity contribution in [2.75, 3.05) is 5.32 Å². The van der Waals surface area contributed by atoms with Gasteiger partial charge in [-0.3, -0.25) is 4.79 Å². The van der Waals surface area contributed by atoms with E-state index in [1.165, 1.54) is 5.56 Å². The second-order valence-electron chi connectivity index (χ2n) is 6.43. The lowest BCUT2D eigenvalue weighted by Crippen LogP contribution is -2.12. The van der Waals surface area contributed by atoms with E-state index < -0.39 is 0 Å². The Morgan fingerprint density at radius 2 is 1.90 bits per heavy atom. The molecule has 4 rings (SSSR count). The molecule has 146 valence electrons. The summed E-state index contributed by atoms with van der Waals surface area (Å²) in [7, 11) is 0. The number of nitrogens with one attached hydrogen (secondary N) is 1. The van der Waals surface area contributed by atoms with Gasteiger partial charge in [0.25, 0.3) is 5.91 Å². The number of amides is 1. The molecule has 0 fully saturated rings. The predicted octanol–water partition coefficient (Wildman–Crippen LogP) is 7.38. The van der Waals surface area contributed by atoms with E-state index in [0.717, 1.165) is 22.0 Å². The van der Waals surface area contributed by atoms with Gasteiger partial charge in [-0.05, 0) is 76.4 Å². The van der Waals surface area contributed by atoms with Crippen LogP contribution in [0.5, 0.6) is 0 Å². The third-order valence-corrected chi connectivity index (χ3v) is 5.91. The molecule has 0 spiro atoms. The molecule has 0 radical (unpaired) electrons. The molecule has 4 aromatic rings. The van der Waals surface area contributed by atoms with E-state index >= 15 is 0 Å². The van der Waals surface area contributed by atoms with Gasteiger partial charge in [-0.2, -0.15) is 0 Å². The third kappa shape index (κ3) is 4.04. The zero-order valence-electron chi connectivity index (χ0n) is 15.3. The lowest BCUT2D eigenvalue weighted by atomic mass is 10.1. The number of carbonyl (C=O) groups is 1. The number of hydrogen-bond donors (Lipinski definition) is 1. The van der Waals surface area contributed by atoms with Crippen LogP contribution < -0.4 is 5.32 Å². The van der Waals surface area contributed by atoms with E-state index in [0.29, 0.717) is 27.7 Å². The molecule has 0 saturated heterocycles. The molecule has 0 bridgehead atoms. The Morgan fingerprint density at radius 3 is 2.62 bits per heavy atom. The van der Waals surface area contributed by atoms with Crippen LogP contribution in [0.25, 0.3) is 22.6 Å². The third-order valence-electron chi connectivity index (χ3n) is 4.50. The summed E-state index contributed by atoms with van der Waals surface area (Å²) >= 11 is 15.6. The quantitative estimate of drug-likeness (QED) is 0.325. The summed E-state index contributed by atoms with van der Waals surface area (Å²) in [6.07, 6.45) is 0.918. The fourth-order valence-electron chi connectivity index (χ4n) is 2.95. The number of benzene rings is 3. The van der Waals surface area contributed by atoms with Crippen molar-refractivity contribution in [3.8, 4) is 11.5 Å². The first kappa shape index (κ1) is 20.0. The van der Waals surface area contributed by atoms with Crippen molar-refractivity contribution >= 4 is 61.8 Å². The molecule has 0 atom stereocenters. The van der Waals surface area contributed by atoms with Crippen molar-refractivity contribution in [2.45, 2.75) is 13.3 Å². The number of halogens is 3. The highest BCUT2D eigenvalue weighted by atomic mass is 79.9. The highest BCUT2D eigenvalue weighted by Gasteiger charge is 2.14. The predicted molar refractivity (Wildman–Crippen MR) is 121 cm³/mol. The fourth-order valence-corrected chi connectivity index (χ4v) is 3.91. The maximum atomic E-state index is 12.5. The molecule has 0 aliphatic rings. The number of aryl methyl sites for hydroxylation is 1. The van der Waals surface area contributed by atoms with Crippen LogP contribution in [0.1, 0.15) is 22.8 Å². The first-order valence-electron chi connectivity index (χ1n) is 8.91. The number of nitrogens with zero attached hydrogens (tertiary/aromatic N) is 1. The van der Waals surface area contributed by atoms with Crippen LogP contribution in [0, 0.1) is 0 Å². The molecule has 29 heavy (non-hydrogen) atoms. The van der Waals surface area contributed by atoms with Crippen molar-refractivity contribution in [3.05, 3.63) is 80.2 Å². The first-order chi connectivity index (χ1) is 14.0. The Labute approximate surface area is 186 Å². The average Bonchev–Trinajstić information content (AvgIpc) is 3.15. The van der Waals surface area contributed by atoms with E-state index in [1.807, 2.05) is 24.3 Å². The molecule has 1 N–H and O–H groups in total. The second kappa shape index (κ2) is 8.19. The summed E-state index contributed by atoms with van der Waals surface area (Å²) in [6, 6.07) is 16.3. The van der Waals surface area contributed by atoms with Crippen LogP contribution in [0.15, 0.2) is 63.5 Å².